The first-order valence-electron chi connectivity index (χ1n) is 7.00. The van der Waals surface area contributed by atoms with Crippen LogP contribution in [-0.4, -0.2) is 11.2 Å². The third kappa shape index (κ3) is 3.02. The average molecular weight is 246 g/mol. The lowest BCUT2D eigenvalue weighted by Gasteiger charge is -2.37. The number of benzene rings is 1. The van der Waals surface area contributed by atoms with Gasteiger partial charge in [0.15, 0.2) is 0 Å². The zero-order chi connectivity index (χ0) is 13.6. The first-order chi connectivity index (χ1) is 8.60. The van der Waals surface area contributed by atoms with Gasteiger partial charge >= 0.3 is 0 Å². The lowest BCUT2D eigenvalue weighted by atomic mass is 9.70. The highest BCUT2D eigenvalue weighted by Crippen LogP contribution is 2.37. The Kier molecular flexibility index (Phi) is 5.61. The molecular formula is C17H26O. The molecule has 1 nitrogen and oxygen atoms in total. The molecule has 1 aromatic carbocycles. The lowest BCUT2D eigenvalue weighted by molar-refractivity contribution is 0.0729. The van der Waals surface area contributed by atoms with Crippen LogP contribution in [0.3, 0.4) is 0 Å². The van der Waals surface area contributed by atoms with E-state index in [0.717, 1.165) is 24.8 Å². The smallest absolute Gasteiger partial charge is 0.0673 e. The molecule has 0 saturated carbocycles. The normalized spacial score (nSPS) is 13.3. The van der Waals surface area contributed by atoms with Gasteiger partial charge in [-0.25, -0.2) is 0 Å². The number of aliphatic hydroxyl groups is 1. The number of rotatable bonds is 7. The van der Waals surface area contributed by atoms with Crippen LogP contribution in [0.15, 0.2) is 42.5 Å². The third-order valence-electron chi connectivity index (χ3n) is 4.23. The third-order valence-corrected chi connectivity index (χ3v) is 4.23. The summed E-state index contributed by atoms with van der Waals surface area (Å²) >= 11 is 0. The largest absolute Gasteiger partial charge is 0.392 e. The van der Waals surface area contributed by atoms with Crippen LogP contribution in [0.4, 0.5) is 0 Å². The SMILES string of the molecule is C=C(CC)CC(O)C(CC)(CC)c1ccccc1. The highest BCUT2D eigenvalue weighted by molar-refractivity contribution is 5.27. The van der Waals surface area contributed by atoms with Crippen molar-refractivity contribution in [2.24, 2.45) is 0 Å². The van der Waals surface area contributed by atoms with Crippen LogP contribution in [0, 0.1) is 0 Å². The van der Waals surface area contributed by atoms with E-state index in [-0.39, 0.29) is 11.5 Å². The first-order valence-corrected chi connectivity index (χ1v) is 7.00. The fourth-order valence-electron chi connectivity index (χ4n) is 2.71. The molecule has 0 aliphatic rings. The van der Waals surface area contributed by atoms with Gasteiger partial charge in [0.05, 0.1) is 6.10 Å². The standard InChI is InChI=1S/C17H26O/c1-5-14(4)13-16(18)17(6-2,7-3)15-11-9-8-10-12-15/h8-12,16,18H,4-7,13H2,1-3H3. The second-order valence-corrected chi connectivity index (χ2v) is 5.05. The zero-order valence-electron chi connectivity index (χ0n) is 11.9. The molecule has 0 amide bonds. The summed E-state index contributed by atoms with van der Waals surface area (Å²) in [5.41, 5.74) is 2.23. The summed E-state index contributed by atoms with van der Waals surface area (Å²) < 4.78 is 0. The molecule has 0 saturated heterocycles. The van der Waals surface area contributed by atoms with Crippen LogP contribution in [0.25, 0.3) is 0 Å². The summed E-state index contributed by atoms with van der Waals surface area (Å²) in [7, 11) is 0. The molecule has 0 aliphatic carbocycles. The van der Waals surface area contributed by atoms with E-state index in [9.17, 15) is 5.11 Å². The second kappa shape index (κ2) is 6.75. The number of hydrogen-bond donors (Lipinski definition) is 1. The molecule has 0 bridgehead atoms. The molecule has 0 heterocycles. The topological polar surface area (TPSA) is 20.2 Å². The maximum absolute atomic E-state index is 10.7. The van der Waals surface area contributed by atoms with Crippen LogP contribution in [0.1, 0.15) is 52.0 Å². The molecule has 0 radical (unpaired) electrons. The molecule has 1 unspecified atom stereocenters. The van der Waals surface area contributed by atoms with Crippen LogP contribution in [0.5, 0.6) is 0 Å². The predicted octanol–water partition coefficient (Wildman–Crippen LogP) is 4.46. The Morgan fingerprint density at radius 2 is 1.72 bits per heavy atom. The summed E-state index contributed by atoms with van der Waals surface area (Å²) in [6.07, 6.45) is 3.20. The molecule has 1 heteroatoms. The van der Waals surface area contributed by atoms with Crippen LogP contribution < -0.4 is 0 Å². The van der Waals surface area contributed by atoms with Crippen molar-refractivity contribution in [3.8, 4) is 0 Å². The molecule has 1 atom stereocenters. The van der Waals surface area contributed by atoms with E-state index < -0.39 is 0 Å². The van der Waals surface area contributed by atoms with E-state index in [4.69, 9.17) is 0 Å². The maximum Gasteiger partial charge on any atom is 0.0673 e. The minimum atomic E-state index is -0.345. The predicted molar refractivity (Wildman–Crippen MR) is 78.8 cm³/mol. The van der Waals surface area contributed by atoms with Crippen molar-refractivity contribution in [3.63, 3.8) is 0 Å². The molecule has 0 aromatic heterocycles. The number of hydrogen-bond acceptors (Lipinski definition) is 1. The van der Waals surface area contributed by atoms with E-state index in [2.05, 4.69) is 51.6 Å². The lowest BCUT2D eigenvalue weighted by Crippen LogP contribution is -2.38. The number of aliphatic hydroxyl groups excluding tert-OH is 1. The van der Waals surface area contributed by atoms with E-state index in [1.54, 1.807) is 0 Å². The van der Waals surface area contributed by atoms with Crippen molar-refractivity contribution in [2.75, 3.05) is 0 Å². The Hall–Kier alpha value is -1.08. The Morgan fingerprint density at radius 1 is 1.17 bits per heavy atom. The summed E-state index contributed by atoms with van der Waals surface area (Å²) in [5, 5.41) is 10.7. The van der Waals surface area contributed by atoms with E-state index in [0.29, 0.717) is 6.42 Å². The monoisotopic (exact) mass is 246 g/mol. The highest BCUT2D eigenvalue weighted by atomic mass is 16.3. The highest BCUT2D eigenvalue weighted by Gasteiger charge is 2.36. The van der Waals surface area contributed by atoms with Crippen LogP contribution in [-0.2, 0) is 5.41 Å². The maximum atomic E-state index is 10.7. The molecule has 0 fully saturated rings. The fraction of sp³-hybridized carbons (Fsp3) is 0.529. The van der Waals surface area contributed by atoms with Crippen molar-refractivity contribution in [3.05, 3.63) is 48.0 Å². The Bertz CT molecular complexity index is 362. The first kappa shape index (κ1) is 15.0. The Morgan fingerprint density at radius 3 is 2.17 bits per heavy atom. The van der Waals surface area contributed by atoms with Crippen molar-refractivity contribution in [1.29, 1.82) is 0 Å². The van der Waals surface area contributed by atoms with Crippen molar-refractivity contribution in [1.82, 2.24) is 0 Å². The Labute approximate surface area is 112 Å². The molecule has 1 aromatic rings. The molecule has 1 N–H and O–H groups in total. The summed E-state index contributed by atoms with van der Waals surface area (Å²) in [6.45, 7) is 10.4. The quantitative estimate of drug-likeness (QED) is 0.704. The van der Waals surface area contributed by atoms with E-state index in [1.807, 2.05) is 6.07 Å². The van der Waals surface area contributed by atoms with Crippen LogP contribution in [0.2, 0.25) is 0 Å². The van der Waals surface area contributed by atoms with Crippen molar-refractivity contribution < 1.29 is 5.11 Å². The van der Waals surface area contributed by atoms with Gasteiger partial charge in [0, 0.05) is 5.41 Å². The zero-order valence-corrected chi connectivity index (χ0v) is 11.9. The van der Waals surface area contributed by atoms with Gasteiger partial charge in [-0.05, 0) is 31.2 Å². The van der Waals surface area contributed by atoms with Gasteiger partial charge in [-0.3, -0.25) is 0 Å². The minimum Gasteiger partial charge on any atom is -0.392 e. The van der Waals surface area contributed by atoms with Gasteiger partial charge in [-0.2, -0.15) is 0 Å². The van der Waals surface area contributed by atoms with Gasteiger partial charge in [-0.1, -0.05) is 63.3 Å². The molecule has 1 rings (SSSR count). The van der Waals surface area contributed by atoms with E-state index >= 15 is 0 Å². The molecule has 0 aliphatic heterocycles. The average Bonchev–Trinajstić information content (AvgIpc) is 2.42. The molecular weight excluding hydrogens is 220 g/mol. The van der Waals surface area contributed by atoms with Crippen molar-refractivity contribution in [2.45, 2.75) is 58.0 Å². The van der Waals surface area contributed by atoms with E-state index in [1.165, 1.54) is 5.56 Å². The second-order valence-electron chi connectivity index (χ2n) is 5.05. The molecule has 100 valence electrons. The molecule has 18 heavy (non-hydrogen) atoms. The van der Waals surface area contributed by atoms with Gasteiger partial charge in [0.2, 0.25) is 0 Å². The summed E-state index contributed by atoms with van der Waals surface area (Å²) in [4.78, 5) is 0. The van der Waals surface area contributed by atoms with Gasteiger partial charge in [0.1, 0.15) is 0 Å². The summed E-state index contributed by atoms with van der Waals surface area (Å²) in [6, 6.07) is 10.4. The summed E-state index contributed by atoms with van der Waals surface area (Å²) in [5.74, 6) is 0. The molecule has 0 spiro atoms. The van der Waals surface area contributed by atoms with Crippen molar-refractivity contribution >= 4 is 0 Å². The van der Waals surface area contributed by atoms with Crippen LogP contribution >= 0.6 is 0 Å². The van der Waals surface area contributed by atoms with Gasteiger partial charge in [-0.15, -0.1) is 0 Å². The fourth-order valence-corrected chi connectivity index (χ4v) is 2.71. The van der Waals surface area contributed by atoms with Gasteiger partial charge in [0.25, 0.3) is 0 Å². The minimum absolute atomic E-state index is 0.140. The Balaban J connectivity index is 3.03. The van der Waals surface area contributed by atoms with Gasteiger partial charge < -0.3 is 5.11 Å².